The molecule has 1 aromatic heterocycles. The number of benzene rings is 2. The Morgan fingerprint density at radius 1 is 0.895 bits per heavy atom. The van der Waals surface area contributed by atoms with Crippen molar-refractivity contribution in [1.82, 2.24) is 14.9 Å². The maximum absolute atomic E-state index is 12.5. The molecule has 0 amide bonds. The van der Waals surface area contributed by atoms with Gasteiger partial charge in [0.1, 0.15) is 5.02 Å². The van der Waals surface area contributed by atoms with E-state index < -0.39 is 10.0 Å². The highest BCUT2D eigenvalue weighted by molar-refractivity contribution is 7.93. The molecule has 2 heterocycles. The normalized spacial score (nSPS) is 20.0. The zero-order valence-electron chi connectivity index (χ0n) is 21.3. The highest BCUT2D eigenvalue weighted by Gasteiger charge is 2.36. The number of sulfonamides is 1. The zero-order chi connectivity index (χ0) is 26.1. The lowest BCUT2D eigenvalue weighted by molar-refractivity contribution is 0.222. The van der Waals surface area contributed by atoms with E-state index in [-0.39, 0.29) is 5.25 Å². The third-order valence-electron chi connectivity index (χ3n) is 7.75. The quantitative estimate of drug-likeness (QED) is 0.301. The van der Waals surface area contributed by atoms with Crippen LogP contribution in [-0.2, 0) is 22.9 Å². The summed E-state index contributed by atoms with van der Waals surface area (Å²) in [5.41, 5.74) is 4.79. The van der Waals surface area contributed by atoms with Gasteiger partial charge in [0.25, 0.3) is 0 Å². The Morgan fingerprint density at radius 3 is 2.39 bits per heavy atom. The smallest absolute Gasteiger partial charge is 0.235 e. The van der Waals surface area contributed by atoms with Crippen LogP contribution in [0.3, 0.4) is 0 Å². The lowest BCUT2D eigenvalue weighted by Gasteiger charge is -2.25. The number of hydrogen-bond donors (Lipinski definition) is 3. The highest BCUT2D eigenvalue weighted by Crippen LogP contribution is 2.34. The maximum atomic E-state index is 12.5. The van der Waals surface area contributed by atoms with Gasteiger partial charge in [-0.05, 0) is 99.8 Å². The number of para-hydroxylation sites is 2. The number of nitrogens with one attached hydrogen (secondary N) is 3. The standard InChI is InChI=1S/C28H33ClN6O2S/c29-24-18-30-28(33-27(24)32-25-5-1-2-6-26(25)34-38(36,37)23-13-14-23)31-21-10-7-19-8-11-22(12-9-20(19)17-21)35-15-3-4-16-35/h1-2,5-7,10,17-18,22-23,34H,3-4,8-9,11-16H2,(H2,30,31,32,33). The minimum Gasteiger partial charge on any atom is -0.337 e. The van der Waals surface area contributed by atoms with Gasteiger partial charge in [-0.2, -0.15) is 4.98 Å². The number of anilines is 5. The van der Waals surface area contributed by atoms with E-state index >= 15 is 0 Å². The third-order valence-corrected chi connectivity index (χ3v) is 9.88. The molecule has 38 heavy (non-hydrogen) atoms. The van der Waals surface area contributed by atoms with Crippen LogP contribution in [-0.4, -0.2) is 47.7 Å². The molecule has 1 saturated heterocycles. The molecule has 3 N–H and O–H groups in total. The molecular weight excluding hydrogens is 520 g/mol. The summed E-state index contributed by atoms with van der Waals surface area (Å²) < 4.78 is 27.7. The van der Waals surface area contributed by atoms with E-state index in [2.05, 4.69) is 48.4 Å². The van der Waals surface area contributed by atoms with Gasteiger partial charge < -0.3 is 15.5 Å². The maximum Gasteiger partial charge on any atom is 0.235 e. The minimum atomic E-state index is -3.40. The van der Waals surface area contributed by atoms with Crippen molar-refractivity contribution < 1.29 is 8.42 Å². The monoisotopic (exact) mass is 552 g/mol. The van der Waals surface area contributed by atoms with Gasteiger partial charge in [-0.25, -0.2) is 13.4 Å². The predicted molar refractivity (Wildman–Crippen MR) is 153 cm³/mol. The molecule has 1 saturated carbocycles. The fourth-order valence-corrected chi connectivity index (χ4v) is 7.05. The Morgan fingerprint density at radius 2 is 1.63 bits per heavy atom. The summed E-state index contributed by atoms with van der Waals surface area (Å²) in [6.07, 6.45) is 10.2. The Hall–Kier alpha value is -2.88. The van der Waals surface area contributed by atoms with Crippen LogP contribution in [0.5, 0.6) is 0 Å². The molecule has 10 heteroatoms. The molecule has 2 aromatic carbocycles. The molecule has 1 atom stereocenters. The van der Waals surface area contributed by atoms with Crippen LogP contribution in [0.4, 0.5) is 28.8 Å². The van der Waals surface area contributed by atoms with E-state index in [0.717, 1.165) is 18.5 Å². The van der Waals surface area contributed by atoms with E-state index in [9.17, 15) is 8.42 Å². The van der Waals surface area contributed by atoms with E-state index in [1.54, 1.807) is 24.4 Å². The van der Waals surface area contributed by atoms with E-state index in [1.807, 2.05) is 6.07 Å². The molecule has 1 unspecified atom stereocenters. The second-order valence-electron chi connectivity index (χ2n) is 10.5. The average molecular weight is 553 g/mol. The van der Waals surface area contributed by atoms with Crippen LogP contribution in [0.2, 0.25) is 5.02 Å². The molecule has 2 fully saturated rings. The molecule has 2 aliphatic carbocycles. The van der Waals surface area contributed by atoms with Crippen LogP contribution in [0.1, 0.15) is 49.7 Å². The van der Waals surface area contributed by atoms with Crippen LogP contribution in [0.15, 0.2) is 48.7 Å². The number of halogens is 1. The number of rotatable bonds is 8. The predicted octanol–water partition coefficient (Wildman–Crippen LogP) is 5.86. The van der Waals surface area contributed by atoms with Gasteiger partial charge in [0, 0.05) is 11.7 Å². The van der Waals surface area contributed by atoms with Crippen LogP contribution < -0.4 is 15.4 Å². The second-order valence-corrected chi connectivity index (χ2v) is 12.9. The summed E-state index contributed by atoms with van der Waals surface area (Å²) >= 11 is 6.42. The fraction of sp³-hybridized carbons (Fsp3) is 0.429. The highest BCUT2D eigenvalue weighted by atomic mass is 35.5. The fourth-order valence-electron chi connectivity index (χ4n) is 5.51. The lowest BCUT2D eigenvalue weighted by Crippen LogP contribution is -2.32. The van der Waals surface area contributed by atoms with Gasteiger partial charge in [0.2, 0.25) is 16.0 Å². The van der Waals surface area contributed by atoms with Crippen LogP contribution in [0, 0.1) is 0 Å². The van der Waals surface area contributed by atoms with Crippen molar-refractivity contribution in [3.8, 4) is 0 Å². The molecule has 3 aliphatic rings. The molecule has 6 rings (SSSR count). The van der Waals surface area contributed by atoms with Crippen LogP contribution in [0.25, 0.3) is 0 Å². The summed E-state index contributed by atoms with van der Waals surface area (Å²) in [6.45, 7) is 2.49. The first-order chi connectivity index (χ1) is 18.4. The number of fused-ring (bicyclic) bond motifs is 1. The number of likely N-dealkylation sites (tertiary alicyclic amines) is 1. The zero-order valence-corrected chi connectivity index (χ0v) is 22.9. The van der Waals surface area contributed by atoms with Crippen molar-refractivity contribution in [2.24, 2.45) is 0 Å². The first kappa shape index (κ1) is 25.4. The first-order valence-electron chi connectivity index (χ1n) is 13.5. The van der Waals surface area contributed by atoms with Gasteiger partial charge in [-0.1, -0.05) is 29.8 Å². The average Bonchev–Trinajstić information content (AvgIpc) is 3.68. The molecule has 0 spiro atoms. The number of hydrogen-bond acceptors (Lipinski definition) is 7. The van der Waals surface area contributed by atoms with E-state index in [0.29, 0.717) is 47.0 Å². The number of nitrogens with zero attached hydrogens (tertiary/aromatic N) is 3. The summed E-state index contributed by atoms with van der Waals surface area (Å²) in [4.78, 5) is 11.6. The molecule has 3 aromatic rings. The lowest BCUT2D eigenvalue weighted by atomic mass is 10.0. The number of aromatic nitrogens is 2. The molecule has 8 nitrogen and oxygen atoms in total. The van der Waals surface area contributed by atoms with Gasteiger partial charge in [0.15, 0.2) is 5.82 Å². The summed E-state index contributed by atoms with van der Waals surface area (Å²) in [5.74, 6) is 0.807. The summed E-state index contributed by atoms with van der Waals surface area (Å²) in [6, 6.07) is 14.3. The van der Waals surface area contributed by atoms with Crippen molar-refractivity contribution in [1.29, 1.82) is 0 Å². The molecule has 200 valence electrons. The SMILES string of the molecule is O=S(=O)(Nc1ccccc1Nc1nc(Nc2ccc3c(c2)CCC(N2CCCC2)CC3)ncc1Cl)C1CC1. The topological polar surface area (TPSA) is 99.2 Å². The van der Waals surface area contributed by atoms with Gasteiger partial charge in [-0.15, -0.1) is 0 Å². The van der Waals surface area contributed by atoms with E-state index in [1.165, 1.54) is 49.9 Å². The Kier molecular flexibility index (Phi) is 7.16. The molecule has 1 aliphatic heterocycles. The number of aryl methyl sites for hydroxylation is 2. The second kappa shape index (κ2) is 10.7. The Bertz CT molecular complexity index is 1420. The summed E-state index contributed by atoms with van der Waals surface area (Å²) in [5, 5.41) is 6.53. The van der Waals surface area contributed by atoms with Crippen molar-refractivity contribution in [3.05, 3.63) is 64.8 Å². The molecular formula is C28H33ClN6O2S. The van der Waals surface area contributed by atoms with Gasteiger partial charge >= 0.3 is 0 Å². The van der Waals surface area contributed by atoms with E-state index in [4.69, 9.17) is 11.6 Å². The molecule has 0 bridgehead atoms. The first-order valence-corrected chi connectivity index (χ1v) is 15.4. The van der Waals surface area contributed by atoms with Crippen molar-refractivity contribution in [3.63, 3.8) is 0 Å². The van der Waals surface area contributed by atoms with Crippen molar-refractivity contribution >= 4 is 50.5 Å². The third kappa shape index (κ3) is 5.75. The van der Waals surface area contributed by atoms with Gasteiger partial charge in [0.05, 0.1) is 22.8 Å². The Balaban J connectivity index is 1.17. The summed E-state index contributed by atoms with van der Waals surface area (Å²) in [7, 11) is -3.40. The van der Waals surface area contributed by atoms with Crippen molar-refractivity contribution in [2.45, 2.75) is 62.7 Å². The Labute approximate surface area is 229 Å². The van der Waals surface area contributed by atoms with Gasteiger partial charge in [-0.3, -0.25) is 4.72 Å². The minimum absolute atomic E-state index is 0.319. The molecule has 0 radical (unpaired) electrons. The van der Waals surface area contributed by atoms with Crippen LogP contribution >= 0.6 is 11.6 Å². The largest absolute Gasteiger partial charge is 0.337 e. The van der Waals surface area contributed by atoms with Crippen molar-refractivity contribution in [2.75, 3.05) is 28.4 Å².